The number of phenols is 1. The van der Waals surface area contributed by atoms with Crippen molar-refractivity contribution in [3.8, 4) is 5.75 Å². The summed E-state index contributed by atoms with van der Waals surface area (Å²) in [5.41, 5.74) is 9.08. The molecular formula is C28H22N2O10S2. The molecule has 0 bridgehead atoms. The summed E-state index contributed by atoms with van der Waals surface area (Å²) < 4.78 is 82.6. The van der Waals surface area contributed by atoms with Crippen LogP contribution in [0.2, 0.25) is 0 Å². The van der Waals surface area contributed by atoms with Crippen molar-refractivity contribution in [2.75, 3.05) is 5.73 Å². The number of phenolic OH excluding ortho intramolecular Hbond substituents is 1. The first-order chi connectivity index (χ1) is 19.6. The van der Waals surface area contributed by atoms with Crippen LogP contribution in [0.1, 0.15) is 17.0 Å². The number of nitrogen functional groups attached to an aromatic ring is 1. The molecule has 0 atom stereocenters. The maximum Gasteiger partial charge on any atom is 0.299 e. The highest BCUT2D eigenvalue weighted by Gasteiger charge is 2.27. The maximum absolute atomic E-state index is 11.9. The normalized spacial score (nSPS) is 12.5. The highest BCUT2D eigenvalue weighted by molar-refractivity contribution is 7.86. The van der Waals surface area contributed by atoms with Crippen molar-refractivity contribution in [3.63, 3.8) is 0 Å². The molecule has 0 aliphatic heterocycles. The number of fused-ring (bicyclic) bond motifs is 7. The summed E-state index contributed by atoms with van der Waals surface area (Å²) in [5.74, 6) is -0.364. The highest BCUT2D eigenvalue weighted by atomic mass is 32.2. The van der Waals surface area contributed by atoms with Gasteiger partial charge in [-0.25, -0.2) is 4.98 Å². The molecule has 0 spiro atoms. The predicted molar refractivity (Wildman–Crippen MR) is 155 cm³/mol. The first-order valence-electron chi connectivity index (χ1n) is 12.3. The predicted octanol–water partition coefficient (Wildman–Crippen LogP) is 6.02. The number of oxazole rings is 1. The lowest BCUT2D eigenvalue weighted by Crippen LogP contribution is -2.01. The third-order valence-corrected chi connectivity index (χ3v) is 8.54. The minimum absolute atomic E-state index is 0.0386. The smallest absolute Gasteiger partial charge is 0.299 e. The molecule has 7 rings (SSSR count). The lowest BCUT2D eigenvalue weighted by Gasteiger charge is -2.05. The van der Waals surface area contributed by atoms with E-state index in [1.165, 1.54) is 6.07 Å². The van der Waals surface area contributed by atoms with Gasteiger partial charge in [-0.15, -0.1) is 0 Å². The zero-order valence-corrected chi connectivity index (χ0v) is 23.8. The Morgan fingerprint density at radius 1 is 0.690 bits per heavy atom. The molecule has 12 nitrogen and oxygen atoms in total. The van der Waals surface area contributed by atoms with E-state index in [9.17, 15) is 31.0 Å². The molecule has 3 aromatic heterocycles. The fourth-order valence-electron chi connectivity index (χ4n) is 5.03. The fourth-order valence-corrected chi connectivity index (χ4v) is 6.71. The van der Waals surface area contributed by atoms with Crippen LogP contribution in [0.15, 0.2) is 71.6 Å². The highest BCUT2D eigenvalue weighted by Crippen LogP contribution is 2.42. The summed E-state index contributed by atoms with van der Waals surface area (Å²) in [6.07, 6.45) is 0. The van der Waals surface area contributed by atoms with Crippen LogP contribution in [0.5, 0.6) is 5.75 Å². The molecule has 0 saturated heterocycles. The number of furan rings is 2. The number of hydrogen-bond donors (Lipinski definition) is 4. The number of nitrogens with zero attached hydrogens (tertiary/aromatic N) is 1. The third kappa shape index (κ3) is 4.41. The Balaban J connectivity index is 0.000000151. The van der Waals surface area contributed by atoms with Gasteiger partial charge in [-0.1, -0.05) is 23.3 Å². The van der Waals surface area contributed by atoms with Gasteiger partial charge in [-0.2, -0.15) is 16.8 Å². The van der Waals surface area contributed by atoms with Crippen molar-refractivity contribution in [2.24, 2.45) is 0 Å². The largest absolute Gasteiger partial charge is 0.504 e. The van der Waals surface area contributed by atoms with Gasteiger partial charge in [-0.05, 0) is 38.1 Å². The third-order valence-electron chi connectivity index (χ3n) is 6.72. The van der Waals surface area contributed by atoms with Gasteiger partial charge in [-0.3, -0.25) is 9.11 Å². The number of rotatable bonds is 2. The maximum atomic E-state index is 11.9. The van der Waals surface area contributed by atoms with Crippen molar-refractivity contribution in [3.05, 3.63) is 65.5 Å². The molecule has 0 radical (unpaired) electrons. The van der Waals surface area contributed by atoms with Gasteiger partial charge >= 0.3 is 0 Å². The number of nitrogens with two attached hydrogens (primary N) is 1. The van der Waals surface area contributed by atoms with E-state index in [0.717, 1.165) is 11.1 Å². The first kappa shape index (κ1) is 27.5. The average Bonchev–Trinajstić information content (AvgIpc) is 3.53. The van der Waals surface area contributed by atoms with E-state index >= 15 is 0 Å². The Hall–Kier alpha value is -4.63. The number of benzene rings is 4. The summed E-state index contributed by atoms with van der Waals surface area (Å²) in [4.78, 5) is 3.19. The Bertz CT molecular complexity index is 2470. The van der Waals surface area contributed by atoms with E-state index in [0.29, 0.717) is 44.3 Å². The summed E-state index contributed by atoms with van der Waals surface area (Å²) in [6.45, 7) is 5.34. The van der Waals surface area contributed by atoms with Crippen molar-refractivity contribution < 1.29 is 44.3 Å². The van der Waals surface area contributed by atoms with E-state index in [-0.39, 0.29) is 27.1 Å². The van der Waals surface area contributed by atoms with Crippen LogP contribution in [0.3, 0.4) is 0 Å². The zero-order valence-electron chi connectivity index (χ0n) is 22.2. The molecule has 0 saturated carbocycles. The summed E-state index contributed by atoms with van der Waals surface area (Å²) in [6, 6.07) is 13.6. The molecule has 7 aromatic rings. The molecular weight excluding hydrogens is 588 g/mol. The molecule has 3 heterocycles. The van der Waals surface area contributed by atoms with E-state index in [4.69, 9.17) is 19.0 Å². The first-order valence-corrected chi connectivity index (χ1v) is 15.1. The topological polar surface area (TPSA) is 207 Å². The van der Waals surface area contributed by atoms with E-state index < -0.39 is 30.9 Å². The van der Waals surface area contributed by atoms with Crippen molar-refractivity contribution in [2.45, 2.75) is 30.6 Å². The van der Waals surface area contributed by atoms with E-state index in [1.807, 2.05) is 26.0 Å². The SMILES string of the molecule is Cc1ccc2oc3cc(N)c(O)c(S(=O)(=O)O)c3c2c1.Cc1ccc2oc3cc4nc(C)oc4c(S(=O)(=O)O)c3c2c1. The van der Waals surface area contributed by atoms with Crippen LogP contribution >= 0.6 is 0 Å². The second-order valence-corrected chi connectivity index (χ2v) is 12.5. The second-order valence-electron chi connectivity index (χ2n) is 9.83. The van der Waals surface area contributed by atoms with Crippen molar-refractivity contribution in [1.29, 1.82) is 0 Å². The van der Waals surface area contributed by atoms with Gasteiger partial charge in [0.15, 0.2) is 22.1 Å². The van der Waals surface area contributed by atoms with Crippen molar-refractivity contribution in [1.82, 2.24) is 4.98 Å². The number of aryl methyl sites for hydroxylation is 3. The molecule has 14 heteroatoms. The van der Waals surface area contributed by atoms with Gasteiger partial charge in [0.25, 0.3) is 20.2 Å². The molecule has 4 aromatic carbocycles. The molecule has 0 aliphatic carbocycles. The van der Waals surface area contributed by atoms with Crippen LogP contribution in [0, 0.1) is 20.8 Å². The zero-order chi connectivity index (χ0) is 30.3. The minimum Gasteiger partial charge on any atom is -0.504 e. The van der Waals surface area contributed by atoms with Crippen LogP contribution < -0.4 is 5.73 Å². The number of aromatic nitrogens is 1. The number of hydrogen-bond acceptors (Lipinski definition) is 10. The molecule has 0 unspecified atom stereocenters. The van der Waals surface area contributed by atoms with Gasteiger partial charge < -0.3 is 24.1 Å². The quantitative estimate of drug-likeness (QED) is 0.101. The van der Waals surface area contributed by atoms with Gasteiger partial charge in [0.2, 0.25) is 0 Å². The lowest BCUT2D eigenvalue weighted by atomic mass is 10.1. The average molecular weight is 611 g/mol. The number of anilines is 1. The lowest BCUT2D eigenvalue weighted by molar-refractivity contribution is 0.447. The van der Waals surface area contributed by atoms with Gasteiger partial charge in [0, 0.05) is 29.8 Å². The Kier molecular flexibility index (Phi) is 6.02. The van der Waals surface area contributed by atoms with Crippen LogP contribution in [0.25, 0.3) is 55.0 Å². The standard InChI is InChI=1S/C15H11NO5S.C13H11NO5S/c1-7-3-4-11-9(5-7)13-12(21-11)6-10-14(20-8(2)16-10)15(13)22(17,18)19;1-6-2-3-9-7(4-6)11-10(19-9)5-8(14)12(15)13(11)20(16,17)18/h3-6H,1-2H3,(H,17,18,19);2-5,15H,14H2,1H3,(H,16,17,18). The monoisotopic (exact) mass is 610 g/mol. The van der Waals surface area contributed by atoms with Gasteiger partial charge in [0.05, 0.1) is 16.5 Å². The summed E-state index contributed by atoms with van der Waals surface area (Å²) in [7, 11) is -9.16. The Labute approximate surface area is 237 Å². The number of aromatic hydroxyl groups is 1. The molecule has 0 aliphatic rings. The Morgan fingerprint density at radius 2 is 1.19 bits per heavy atom. The summed E-state index contributed by atoms with van der Waals surface area (Å²) >= 11 is 0. The van der Waals surface area contributed by atoms with Crippen LogP contribution in [-0.4, -0.2) is 36.0 Å². The Morgan fingerprint density at radius 3 is 1.71 bits per heavy atom. The van der Waals surface area contributed by atoms with Gasteiger partial charge in [0.1, 0.15) is 32.7 Å². The minimum atomic E-state index is -4.65. The molecule has 42 heavy (non-hydrogen) atoms. The molecule has 5 N–H and O–H groups in total. The van der Waals surface area contributed by atoms with E-state index in [2.05, 4.69) is 4.98 Å². The van der Waals surface area contributed by atoms with E-state index in [1.54, 1.807) is 37.3 Å². The second kappa shape index (κ2) is 9.19. The summed E-state index contributed by atoms with van der Waals surface area (Å²) in [5, 5.41) is 11.4. The molecule has 0 fully saturated rings. The fraction of sp³-hybridized carbons (Fsp3) is 0.107. The molecule has 216 valence electrons. The molecule has 0 amide bonds. The van der Waals surface area contributed by atoms with Crippen LogP contribution in [0.4, 0.5) is 5.69 Å². The van der Waals surface area contributed by atoms with Crippen molar-refractivity contribution >= 4 is 80.9 Å². The van der Waals surface area contributed by atoms with Crippen LogP contribution in [-0.2, 0) is 20.2 Å².